The van der Waals surface area contributed by atoms with Crippen LogP contribution in [0.15, 0.2) is 28.2 Å². The molecule has 0 radical (unpaired) electrons. The van der Waals surface area contributed by atoms with Gasteiger partial charge < -0.3 is 5.73 Å². The summed E-state index contributed by atoms with van der Waals surface area (Å²) in [6.07, 6.45) is 2.61. The van der Waals surface area contributed by atoms with Crippen molar-refractivity contribution >= 4 is 18.3 Å². The van der Waals surface area contributed by atoms with Crippen LogP contribution in [-0.2, 0) is 0 Å². The third-order valence-electron chi connectivity index (χ3n) is 1.99. The van der Waals surface area contributed by atoms with Crippen LogP contribution in [-0.4, -0.2) is 12.3 Å². The summed E-state index contributed by atoms with van der Waals surface area (Å²) in [6, 6.07) is 0. The summed E-state index contributed by atoms with van der Waals surface area (Å²) in [6.45, 7) is 10.4. The maximum atomic E-state index is 5.59. The van der Waals surface area contributed by atoms with Crippen molar-refractivity contribution in [3.8, 4) is 0 Å². The summed E-state index contributed by atoms with van der Waals surface area (Å²) in [4.78, 5) is 5.27. The number of hydrogen-bond acceptors (Lipinski definition) is 3. The maximum absolute atomic E-state index is 5.59. The number of thiol groups is 1. The van der Waals surface area contributed by atoms with Crippen molar-refractivity contribution in [2.24, 2.45) is 16.6 Å². The first-order valence-corrected chi connectivity index (χ1v) is 5.33. The molecule has 0 unspecified atom stereocenters. The molecule has 0 saturated heterocycles. The van der Waals surface area contributed by atoms with Crippen LogP contribution in [0, 0.1) is 5.92 Å². The zero-order chi connectivity index (χ0) is 11.1. The molecule has 0 heterocycles. The molecule has 0 atom stereocenters. The van der Waals surface area contributed by atoms with E-state index in [-0.39, 0.29) is 0 Å². The van der Waals surface area contributed by atoms with E-state index >= 15 is 0 Å². The maximum Gasteiger partial charge on any atom is 0.0671 e. The first-order chi connectivity index (χ1) is 6.56. The van der Waals surface area contributed by atoms with Gasteiger partial charge in [0.15, 0.2) is 0 Å². The van der Waals surface area contributed by atoms with Crippen LogP contribution in [0.1, 0.15) is 27.2 Å². The van der Waals surface area contributed by atoms with E-state index in [9.17, 15) is 0 Å². The van der Waals surface area contributed by atoms with Gasteiger partial charge in [-0.05, 0) is 12.3 Å². The molecule has 0 aliphatic carbocycles. The molecule has 2 nitrogen and oxygen atoms in total. The highest BCUT2D eigenvalue weighted by atomic mass is 32.1. The third kappa shape index (κ3) is 4.11. The van der Waals surface area contributed by atoms with Crippen molar-refractivity contribution in [2.45, 2.75) is 27.2 Å². The van der Waals surface area contributed by atoms with Gasteiger partial charge in [-0.3, -0.25) is 4.99 Å². The largest absolute Gasteiger partial charge is 0.325 e. The summed E-state index contributed by atoms with van der Waals surface area (Å²) in [7, 11) is 0. The molecule has 80 valence electrons. The predicted molar refractivity (Wildman–Crippen MR) is 67.8 cm³/mol. The standard InChI is InChI=1S/C11H20N2S/c1-5-9(8(3)4)13-10(7-12)11(14)6-2/h6,8,14H,2,5,7,12H2,1,3-4H3/b11-10+,13-9?. The smallest absolute Gasteiger partial charge is 0.0671 e. The summed E-state index contributed by atoms with van der Waals surface area (Å²) in [5, 5.41) is 0. The fraction of sp³-hybridized carbons (Fsp3) is 0.545. The van der Waals surface area contributed by atoms with E-state index in [2.05, 4.69) is 45.0 Å². The second-order valence-electron chi connectivity index (χ2n) is 3.35. The molecule has 0 rings (SSSR count). The molecule has 0 aromatic heterocycles. The minimum atomic E-state index is 0.404. The van der Waals surface area contributed by atoms with Gasteiger partial charge in [-0.1, -0.05) is 33.4 Å². The Balaban J connectivity index is 4.98. The Bertz CT molecular complexity index is 252. The van der Waals surface area contributed by atoms with Gasteiger partial charge >= 0.3 is 0 Å². The Morgan fingerprint density at radius 1 is 1.57 bits per heavy atom. The van der Waals surface area contributed by atoms with Gasteiger partial charge in [0.25, 0.3) is 0 Å². The van der Waals surface area contributed by atoms with Crippen LogP contribution in [0.5, 0.6) is 0 Å². The number of hydrogen-bond donors (Lipinski definition) is 2. The average molecular weight is 212 g/mol. The van der Waals surface area contributed by atoms with Crippen molar-refractivity contribution in [3.05, 3.63) is 23.3 Å². The molecule has 0 aliphatic rings. The Morgan fingerprint density at radius 3 is 2.43 bits per heavy atom. The highest BCUT2D eigenvalue weighted by Gasteiger charge is 2.04. The quantitative estimate of drug-likeness (QED) is 0.410. The van der Waals surface area contributed by atoms with Crippen molar-refractivity contribution in [2.75, 3.05) is 6.54 Å². The summed E-state index contributed by atoms with van der Waals surface area (Å²) in [5.74, 6) is 0.451. The van der Waals surface area contributed by atoms with Crippen LogP contribution < -0.4 is 5.73 Å². The van der Waals surface area contributed by atoms with Crippen LogP contribution in [0.3, 0.4) is 0 Å². The Labute approximate surface area is 92.4 Å². The lowest BCUT2D eigenvalue weighted by atomic mass is 10.1. The van der Waals surface area contributed by atoms with E-state index in [1.165, 1.54) is 0 Å². The van der Waals surface area contributed by atoms with Gasteiger partial charge in [-0.25, -0.2) is 0 Å². The molecule has 0 aliphatic heterocycles. The third-order valence-corrected chi connectivity index (χ3v) is 2.43. The Morgan fingerprint density at radius 2 is 2.14 bits per heavy atom. The minimum absolute atomic E-state index is 0.404. The fourth-order valence-corrected chi connectivity index (χ4v) is 1.26. The predicted octanol–water partition coefficient (Wildman–Crippen LogP) is 2.78. The second kappa shape index (κ2) is 6.85. The van der Waals surface area contributed by atoms with Gasteiger partial charge in [-0.2, -0.15) is 0 Å². The lowest BCUT2D eigenvalue weighted by Gasteiger charge is -2.09. The molecule has 0 fully saturated rings. The van der Waals surface area contributed by atoms with Gasteiger partial charge in [0.2, 0.25) is 0 Å². The monoisotopic (exact) mass is 212 g/mol. The molecular weight excluding hydrogens is 192 g/mol. The number of rotatable bonds is 5. The van der Waals surface area contributed by atoms with Crippen LogP contribution in [0.25, 0.3) is 0 Å². The van der Waals surface area contributed by atoms with Crippen molar-refractivity contribution in [3.63, 3.8) is 0 Å². The molecule has 3 heteroatoms. The molecule has 0 spiro atoms. The number of nitrogens with two attached hydrogens (primary N) is 1. The SMILES string of the molecule is C=C/C(S)=C(/CN)N=C(CC)C(C)C. The van der Waals surface area contributed by atoms with Gasteiger partial charge in [0, 0.05) is 17.2 Å². The number of allylic oxidation sites excluding steroid dienone is 1. The van der Waals surface area contributed by atoms with Crippen molar-refractivity contribution < 1.29 is 0 Å². The molecule has 0 aromatic carbocycles. The molecule has 0 bridgehead atoms. The van der Waals surface area contributed by atoms with E-state index in [4.69, 9.17) is 5.73 Å². The van der Waals surface area contributed by atoms with E-state index in [0.29, 0.717) is 12.5 Å². The van der Waals surface area contributed by atoms with E-state index in [1.54, 1.807) is 6.08 Å². The Kier molecular flexibility index (Phi) is 6.58. The normalized spacial score (nSPS) is 14.3. The lowest BCUT2D eigenvalue weighted by molar-refractivity contribution is 0.851. The van der Waals surface area contributed by atoms with Crippen LogP contribution >= 0.6 is 12.6 Å². The lowest BCUT2D eigenvalue weighted by Crippen LogP contribution is -2.10. The molecule has 0 aromatic rings. The molecule has 0 amide bonds. The molecule has 0 saturated carbocycles. The van der Waals surface area contributed by atoms with Crippen LogP contribution in [0.4, 0.5) is 0 Å². The van der Waals surface area contributed by atoms with Crippen molar-refractivity contribution in [1.29, 1.82) is 0 Å². The molecular formula is C11H20N2S. The first kappa shape index (κ1) is 13.5. The molecule has 2 N–H and O–H groups in total. The number of aliphatic imine (C=N–C) groups is 1. The zero-order valence-electron chi connectivity index (χ0n) is 9.25. The topological polar surface area (TPSA) is 38.4 Å². The summed E-state index contributed by atoms with van der Waals surface area (Å²) < 4.78 is 0. The molecule has 14 heavy (non-hydrogen) atoms. The van der Waals surface area contributed by atoms with Gasteiger partial charge in [-0.15, -0.1) is 12.6 Å². The van der Waals surface area contributed by atoms with Crippen LogP contribution in [0.2, 0.25) is 0 Å². The fourth-order valence-electron chi connectivity index (χ4n) is 1.12. The summed E-state index contributed by atoms with van der Waals surface area (Å²) in [5.41, 5.74) is 7.56. The highest BCUT2D eigenvalue weighted by Crippen LogP contribution is 2.13. The van der Waals surface area contributed by atoms with Gasteiger partial charge in [0.05, 0.1) is 5.70 Å². The zero-order valence-corrected chi connectivity index (χ0v) is 10.1. The van der Waals surface area contributed by atoms with Gasteiger partial charge in [0.1, 0.15) is 0 Å². The first-order valence-electron chi connectivity index (χ1n) is 4.88. The Hall–Kier alpha value is -0.540. The average Bonchev–Trinajstić information content (AvgIpc) is 2.18. The second-order valence-corrected chi connectivity index (χ2v) is 3.83. The van der Waals surface area contributed by atoms with E-state index in [1.807, 2.05) is 0 Å². The number of nitrogens with zero attached hydrogens (tertiary/aromatic N) is 1. The minimum Gasteiger partial charge on any atom is -0.325 e. The van der Waals surface area contributed by atoms with Crippen molar-refractivity contribution in [1.82, 2.24) is 0 Å². The highest BCUT2D eigenvalue weighted by molar-refractivity contribution is 7.84. The van der Waals surface area contributed by atoms with E-state index < -0.39 is 0 Å². The summed E-state index contributed by atoms with van der Waals surface area (Å²) >= 11 is 4.26. The van der Waals surface area contributed by atoms with E-state index in [0.717, 1.165) is 22.7 Å².